The number of phenols is 1. The van der Waals surface area contributed by atoms with Crippen LogP contribution >= 0.6 is 0 Å². The molecule has 0 radical (unpaired) electrons. The second-order valence-electron chi connectivity index (χ2n) is 16.5. The first-order chi connectivity index (χ1) is 29.4. The largest absolute Gasteiger partial charge is 0.508 e. The van der Waals surface area contributed by atoms with Gasteiger partial charge in [0.25, 0.3) is 0 Å². The SMILES string of the molecule is CC[C@H](C)[C@H](NC(=O)[C@@H]1CCCN1C(=O)[C@H](CCC(=O)O)NC(=O)[C@H](NC(=O)[C@H](Cc1ccccc1)NC(=O)[C@@H]1CCCN1C(=O)[C@@H](N)Cc1ccc(O)cc1)C(C)C)C(=O)O. The van der Waals surface area contributed by atoms with Crippen LogP contribution in [0, 0.1) is 11.8 Å². The number of aliphatic carboxylic acids is 2. The van der Waals surface area contributed by atoms with Crippen molar-refractivity contribution in [1.82, 2.24) is 31.1 Å². The molecule has 62 heavy (non-hydrogen) atoms. The molecule has 0 aromatic heterocycles. The molecule has 2 fully saturated rings. The first-order valence-corrected chi connectivity index (χ1v) is 21.3. The van der Waals surface area contributed by atoms with E-state index in [0.717, 1.165) is 5.56 Å². The molecule has 9 N–H and O–H groups in total. The van der Waals surface area contributed by atoms with E-state index in [-0.39, 0.29) is 44.5 Å². The maximum absolute atomic E-state index is 14.2. The molecule has 18 heteroatoms. The summed E-state index contributed by atoms with van der Waals surface area (Å²) in [6, 6.07) is 7.09. The number of phenolic OH excluding ortho intramolecular Hbond substituents is 1. The van der Waals surface area contributed by atoms with Crippen molar-refractivity contribution < 1.29 is 53.7 Å². The number of amides is 6. The third-order valence-corrected chi connectivity index (χ3v) is 11.6. The number of carbonyl (C=O) groups excluding carboxylic acids is 6. The normalized spacial score (nSPS) is 19.1. The van der Waals surface area contributed by atoms with Crippen LogP contribution in [-0.2, 0) is 51.2 Å². The number of hydrogen-bond acceptors (Lipinski definition) is 10. The van der Waals surface area contributed by atoms with Gasteiger partial charge in [-0.2, -0.15) is 0 Å². The number of aromatic hydroxyl groups is 1. The van der Waals surface area contributed by atoms with Gasteiger partial charge in [-0.05, 0) is 73.6 Å². The molecule has 6 amide bonds. The number of benzene rings is 2. The van der Waals surface area contributed by atoms with Gasteiger partial charge in [-0.3, -0.25) is 33.6 Å². The van der Waals surface area contributed by atoms with Crippen molar-refractivity contribution in [1.29, 1.82) is 0 Å². The fourth-order valence-corrected chi connectivity index (χ4v) is 7.83. The number of hydrogen-bond donors (Lipinski definition) is 8. The van der Waals surface area contributed by atoms with Gasteiger partial charge in [-0.1, -0.05) is 76.6 Å². The summed E-state index contributed by atoms with van der Waals surface area (Å²) < 4.78 is 0. The van der Waals surface area contributed by atoms with Gasteiger partial charge in [0.05, 0.1) is 6.04 Å². The van der Waals surface area contributed by atoms with Crippen LogP contribution < -0.4 is 27.0 Å². The lowest BCUT2D eigenvalue weighted by Crippen LogP contribution is -2.61. The smallest absolute Gasteiger partial charge is 0.326 e. The first kappa shape index (κ1) is 48.6. The average Bonchev–Trinajstić information content (AvgIpc) is 3.94. The molecular weight excluding hydrogens is 803 g/mol. The monoisotopic (exact) mass is 863 g/mol. The molecule has 2 aromatic rings. The Morgan fingerprint density at radius 3 is 1.81 bits per heavy atom. The molecule has 2 aliphatic rings. The Bertz CT molecular complexity index is 1910. The number of nitrogens with two attached hydrogens (primary N) is 1. The molecule has 4 rings (SSSR count). The molecule has 18 nitrogen and oxygen atoms in total. The van der Waals surface area contributed by atoms with Gasteiger partial charge in [-0.15, -0.1) is 0 Å². The van der Waals surface area contributed by atoms with Crippen LogP contribution in [0.15, 0.2) is 54.6 Å². The predicted molar refractivity (Wildman–Crippen MR) is 226 cm³/mol. The lowest BCUT2D eigenvalue weighted by Gasteiger charge is -2.32. The fraction of sp³-hybridized carbons (Fsp3) is 0.545. The van der Waals surface area contributed by atoms with Crippen molar-refractivity contribution in [2.24, 2.45) is 17.6 Å². The van der Waals surface area contributed by atoms with E-state index in [0.29, 0.717) is 31.2 Å². The highest BCUT2D eigenvalue weighted by molar-refractivity contribution is 5.97. The Morgan fingerprint density at radius 1 is 0.694 bits per heavy atom. The van der Waals surface area contributed by atoms with Crippen molar-refractivity contribution in [3.05, 3.63) is 65.7 Å². The van der Waals surface area contributed by atoms with Crippen LogP contribution in [-0.4, -0.2) is 128 Å². The average molecular weight is 864 g/mol. The third-order valence-electron chi connectivity index (χ3n) is 11.6. The van der Waals surface area contributed by atoms with Crippen molar-refractivity contribution >= 4 is 47.4 Å². The summed E-state index contributed by atoms with van der Waals surface area (Å²) in [6.07, 6.45) is 1.29. The third kappa shape index (κ3) is 13.2. The highest BCUT2D eigenvalue weighted by atomic mass is 16.4. The van der Waals surface area contributed by atoms with Gasteiger partial charge in [0.2, 0.25) is 35.4 Å². The zero-order valence-corrected chi connectivity index (χ0v) is 35.7. The Labute approximate surface area is 361 Å². The number of likely N-dealkylation sites (tertiary alicyclic amines) is 2. The minimum Gasteiger partial charge on any atom is -0.508 e. The summed E-state index contributed by atoms with van der Waals surface area (Å²) in [5, 5.41) is 39.5. The molecule has 0 unspecified atom stereocenters. The van der Waals surface area contributed by atoms with Gasteiger partial charge in [0.1, 0.15) is 42.0 Å². The lowest BCUT2D eigenvalue weighted by atomic mass is 9.98. The molecule has 2 saturated heterocycles. The number of carbonyl (C=O) groups is 8. The van der Waals surface area contributed by atoms with E-state index in [2.05, 4.69) is 21.3 Å². The summed E-state index contributed by atoms with van der Waals surface area (Å²) in [7, 11) is 0. The number of carboxylic acids is 2. The van der Waals surface area contributed by atoms with E-state index in [9.17, 15) is 53.7 Å². The van der Waals surface area contributed by atoms with E-state index >= 15 is 0 Å². The Balaban J connectivity index is 1.51. The van der Waals surface area contributed by atoms with E-state index < -0.39 is 108 Å². The van der Waals surface area contributed by atoms with Crippen LogP contribution in [0.2, 0.25) is 0 Å². The van der Waals surface area contributed by atoms with Crippen LogP contribution in [0.1, 0.15) is 83.8 Å². The second kappa shape index (κ2) is 22.7. The number of nitrogens with zero attached hydrogens (tertiary/aromatic N) is 2. The zero-order valence-electron chi connectivity index (χ0n) is 35.7. The van der Waals surface area contributed by atoms with Gasteiger partial charge in [0, 0.05) is 25.9 Å². The summed E-state index contributed by atoms with van der Waals surface area (Å²) >= 11 is 0. The maximum Gasteiger partial charge on any atom is 0.326 e. The van der Waals surface area contributed by atoms with Crippen LogP contribution in [0.4, 0.5) is 0 Å². The van der Waals surface area contributed by atoms with Crippen LogP contribution in [0.5, 0.6) is 5.75 Å². The number of nitrogens with one attached hydrogen (secondary N) is 4. The van der Waals surface area contributed by atoms with Gasteiger partial charge in [-0.25, -0.2) is 4.79 Å². The minimum atomic E-state index is -1.42. The molecule has 0 spiro atoms. The highest BCUT2D eigenvalue weighted by Gasteiger charge is 2.42. The summed E-state index contributed by atoms with van der Waals surface area (Å²) in [5.41, 5.74) is 7.71. The molecular formula is C44H61N7O11. The second-order valence-corrected chi connectivity index (χ2v) is 16.5. The van der Waals surface area contributed by atoms with E-state index in [4.69, 9.17) is 5.73 Å². The van der Waals surface area contributed by atoms with Gasteiger partial charge >= 0.3 is 11.9 Å². The topological polar surface area (TPSA) is 278 Å². The predicted octanol–water partition coefficient (Wildman–Crippen LogP) is 1.08. The molecule has 0 bridgehead atoms. The Hall–Kier alpha value is -6.04. The van der Waals surface area contributed by atoms with Gasteiger partial charge < -0.3 is 52.1 Å². The van der Waals surface area contributed by atoms with E-state index in [1.807, 2.05) is 0 Å². The Kier molecular flexibility index (Phi) is 17.8. The molecule has 338 valence electrons. The molecule has 0 saturated carbocycles. The van der Waals surface area contributed by atoms with E-state index in [1.54, 1.807) is 70.2 Å². The van der Waals surface area contributed by atoms with Crippen LogP contribution in [0.3, 0.4) is 0 Å². The zero-order chi connectivity index (χ0) is 45.7. The summed E-state index contributed by atoms with van der Waals surface area (Å²) in [6.45, 7) is 7.16. The van der Waals surface area contributed by atoms with E-state index in [1.165, 1.54) is 21.9 Å². The fourth-order valence-electron chi connectivity index (χ4n) is 7.83. The summed E-state index contributed by atoms with van der Waals surface area (Å²) in [5.74, 6) is -7.32. The van der Waals surface area contributed by atoms with Crippen molar-refractivity contribution in [3.63, 3.8) is 0 Å². The molecule has 8 atom stereocenters. The van der Waals surface area contributed by atoms with Crippen molar-refractivity contribution in [2.45, 2.75) is 128 Å². The molecule has 2 aliphatic heterocycles. The quantitative estimate of drug-likeness (QED) is 0.0876. The van der Waals surface area contributed by atoms with Gasteiger partial charge in [0.15, 0.2) is 0 Å². The summed E-state index contributed by atoms with van der Waals surface area (Å²) in [4.78, 5) is 109. The highest BCUT2D eigenvalue weighted by Crippen LogP contribution is 2.23. The lowest BCUT2D eigenvalue weighted by molar-refractivity contribution is -0.146. The number of rotatable bonds is 21. The molecule has 2 aromatic carbocycles. The Morgan fingerprint density at radius 2 is 1.26 bits per heavy atom. The van der Waals surface area contributed by atoms with Crippen molar-refractivity contribution in [2.75, 3.05) is 13.1 Å². The first-order valence-electron chi connectivity index (χ1n) is 21.3. The van der Waals surface area contributed by atoms with Crippen molar-refractivity contribution in [3.8, 4) is 5.75 Å². The number of carboxylic acid groups (broad SMARTS) is 2. The molecule has 2 heterocycles. The van der Waals surface area contributed by atoms with Crippen LogP contribution in [0.25, 0.3) is 0 Å². The molecule has 0 aliphatic carbocycles. The minimum absolute atomic E-state index is 0.0176. The standard InChI is InChI=1S/C44H61N7O11/c1-5-26(4)37(44(61)62)49-40(57)34-14-10-22-51(34)43(60)31(19-20-35(53)54)46-41(58)36(25(2)3)48-38(55)32(24-27-11-7-6-8-12-27)47-39(56)33-13-9-21-50(33)42(59)30(45)23-28-15-17-29(52)18-16-28/h6-8,11-12,15-18,25-26,30-34,36-37,52H,5,9-10,13-14,19-24,45H2,1-4H3,(H,46,58)(H,47,56)(H,48,55)(H,49,57)(H,53,54)(H,61,62)/t26-,30-,31-,32-,33-,34-,36+,37-/m0/s1. The maximum atomic E-state index is 14.2.